The maximum Gasteiger partial charge on any atom is 0.245 e. The summed E-state index contributed by atoms with van der Waals surface area (Å²) < 4.78 is 0. The van der Waals surface area contributed by atoms with Crippen LogP contribution in [0.4, 0.5) is 5.95 Å². The average Bonchev–Trinajstić information content (AvgIpc) is 2.92. The van der Waals surface area contributed by atoms with Gasteiger partial charge < -0.3 is 10.6 Å². The molecule has 1 fully saturated rings. The van der Waals surface area contributed by atoms with Gasteiger partial charge in [0.15, 0.2) is 5.82 Å². The van der Waals surface area contributed by atoms with Crippen molar-refractivity contribution >= 4 is 5.95 Å². The maximum absolute atomic E-state index is 6.12. The van der Waals surface area contributed by atoms with E-state index < -0.39 is 0 Å². The van der Waals surface area contributed by atoms with Crippen LogP contribution in [0.2, 0.25) is 0 Å². The molecule has 2 aromatic heterocycles. The van der Waals surface area contributed by atoms with Crippen molar-refractivity contribution in [3.63, 3.8) is 0 Å². The zero-order chi connectivity index (χ0) is 14.1. The van der Waals surface area contributed by atoms with Crippen LogP contribution in [0.1, 0.15) is 19.0 Å². The predicted molar refractivity (Wildman–Crippen MR) is 78.3 cm³/mol. The lowest BCUT2D eigenvalue weighted by atomic mass is 9.95. The molecule has 0 aliphatic carbocycles. The summed E-state index contributed by atoms with van der Waals surface area (Å²) in [7, 11) is 0. The minimum atomic E-state index is 0.187. The lowest BCUT2D eigenvalue weighted by Crippen LogP contribution is -2.48. The molecule has 0 amide bonds. The Morgan fingerprint density at radius 3 is 2.95 bits per heavy atom. The van der Waals surface area contributed by atoms with Crippen LogP contribution >= 0.6 is 0 Å². The quantitative estimate of drug-likeness (QED) is 0.862. The molecule has 0 spiro atoms. The van der Waals surface area contributed by atoms with E-state index in [2.05, 4.69) is 32.0 Å². The van der Waals surface area contributed by atoms with Gasteiger partial charge in [-0.15, -0.1) is 5.10 Å². The Bertz CT molecular complexity index is 576. The summed E-state index contributed by atoms with van der Waals surface area (Å²) in [5.74, 6) is 2.04. The van der Waals surface area contributed by atoms with Crippen LogP contribution in [0.15, 0.2) is 18.3 Å². The SMILES string of the molecule is Cc1ccc(-c2nc(N3CCC(C)C(N)C3)n[nH]2)cn1. The summed E-state index contributed by atoms with van der Waals surface area (Å²) in [6.45, 7) is 5.93. The fraction of sp³-hybridized carbons (Fsp3) is 0.500. The van der Waals surface area contributed by atoms with E-state index in [1.807, 2.05) is 25.3 Å². The molecule has 0 aromatic carbocycles. The molecule has 3 rings (SSSR count). The highest BCUT2D eigenvalue weighted by Gasteiger charge is 2.25. The van der Waals surface area contributed by atoms with E-state index in [4.69, 9.17) is 5.73 Å². The van der Waals surface area contributed by atoms with Crippen LogP contribution in [0, 0.1) is 12.8 Å². The molecule has 3 heterocycles. The second kappa shape index (κ2) is 5.20. The van der Waals surface area contributed by atoms with E-state index in [0.29, 0.717) is 5.92 Å². The van der Waals surface area contributed by atoms with Crippen molar-refractivity contribution in [2.24, 2.45) is 11.7 Å². The summed E-state index contributed by atoms with van der Waals surface area (Å²) in [4.78, 5) is 11.0. The average molecular weight is 272 g/mol. The molecular weight excluding hydrogens is 252 g/mol. The molecule has 0 saturated carbocycles. The third-order valence-electron chi connectivity index (χ3n) is 3.96. The van der Waals surface area contributed by atoms with Crippen LogP contribution in [-0.2, 0) is 0 Å². The van der Waals surface area contributed by atoms with Crippen molar-refractivity contribution in [1.82, 2.24) is 20.2 Å². The fourth-order valence-electron chi connectivity index (χ4n) is 2.41. The molecule has 0 bridgehead atoms. The summed E-state index contributed by atoms with van der Waals surface area (Å²) in [5, 5.41) is 7.29. The summed E-state index contributed by atoms with van der Waals surface area (Å²) in [5.41, 5.74) is 8.06. The van der Waals surface area contributed by atoms with Crippen molar-refractivity contribution < 1.29 is 0 Å². The first kappa shape index (κ1) is 13.1. The lowest BCUT2D eigenvalue weighted by molar-refractivity contribution is 0.376. The topological polar surface area (TPSA) is 83.7 Å². The zero-order valence-corrected chi connectivity index (χ0v) is 11.9. The number of aryl methyl sites for hydroxylation is 1. The standard InChI is InChI=1S/C14H20N6/c1-9-5-6-20(8-12(9)15)14-17-13(18-19-14)11-4-3-10(2)16-7-11/h3-4,7,9,12H,5-6,8,15H2,1-2H3,(H,17,18,19). The van der Waals surface area contributed by atoms with Gasteiger partial charge in [0.2, 0.25) is 5.95 Å². The predicted octanol–water partition coefficient (Wildman–Crippen LogP) is 1.35. The van der Waals surface area contributed by atoms with Crippen LogP contribution in [0.3, 0.4) is 0 Å². The van der Waals surface area contributed by atoms with Gasteiger partial charge in [0, 0.05) is 36.6 Å². The number of aromatic amines is 1. The number of nitrogens with zero attached hydrogens (tertiary/aromatic N) is 4. The number of piperidine rings is 1. The van der Waals surface area contributed by atoms with Gasteiger partial charge >= 0.3 is 0 Å². The molecule has 106 valence electrons. The molecule has 3 N–H and O–H groups in total. The molecule has 2 atom stereocenters. The Morgan fingerprint density at radius 1 is 1.40 bits per heavy atom. The number of aromatic nitrogens is 4. The van der Waals surface area contributed by atoms with E-state index in [1.165, 1.54) is 0 Å². The minimum Gasteiger partial charge on any atom is -0.338 e. The molecule has 1 saturated heterocycles. The van der Waals surface area contributed by atoms with Crippen LogP contribution < -0.4 is 10.6 Å². The smallest absolute Gasteiger partial charge is 0.245 e. The number of pyridine rings is 1. The Hall–Kier alpha value is -1.95. The maximum atomic E-state index is 6.12. The molecule has 0 radical (unpaired) electrons. The van der Waals surface area contributed by atoms with Crippen molar-refractivity contribution in [1.29, 1.82) is 0 Å². The van der Waals surface area contributed by atoms with E-state index in [-0.39, 0.29) is 6.04 Å². The van der Waals surface area contributed by atoms with Gasteiger partial charge in [-0.3, -0.25) is 10.1 Å². The number of H-pyrrole nitrogens is 1. The Kier molecular flexibility index (Phi) is 3.40. The first-order chi connectivity index (χ1) is 9.63. The zero-order valence-electron chi connectivity index (χ0n) is 11.9. The van der Waals surface area contributed by atoms with E-state index >= 15 is 0 Å². The third-order valence-corrected chi connectivity index (χ3v) is 3.96. The highest BCUT2D eigenvalue weighted by molar-refractivity contribution is 5.55. The van der Waals surface area contributed by atoms with Gasteiger partial charge in [0.25, 0.3) is 0 Å². The normalized spacial score (nSPS) is 23.1. The molecule has 2 unspecified atom stereocenters. The van der Waals surface area contributed by atoms with Gasteiger partial charge in [-0.1, -0.05) is 6.92 Å². The van der Waals surface area contributed by atoms with Crippen LogP contribution in [-0.4, -0.2) is 39.3 Å². The highest BCUT2D eigenvalue weighted by Crippen LogP contribution is 2.21. The van der Waals surface area contributed by atoms with Gasteiger partial charge in [-0.05, 0) is 31.4 Å². The first-order valence-corrected chi connectivity index (χ1v) is 6.99. The fourth-order valence-corrected chi connectivity index (χ4v) is 2.41. The molecular formula is C14H20N6. The van der Waals surface area contributed by atoms with E-state index in [0.717, 1.165) is 42.5 Å². The number of anilines is 1. The third kappa shape index (κ3) is 2.51. The second-order valence-electron chi connectivity index (χ2n) is 5.55. The van der Waals surface area contributed by atoms with Crippen LogP contribution in [0.25, 0.3) is 11.4 Å². The van der Waals surface area contributed by atoms with Gasteiger partial charge in [-0.25, -0.2) is 0 Å². The molecule has 2 aromatic rings. The highest BCUT2D eigenvalue weighted by atomic mass is 15.4. The number of rotatable bonds is 2. The van der Waals surface area contributed by atoms with Crippen molar-refractivity contribution in [2.45, 2.75) is 26.3 Å². The molecule has 6 heteroatoms. The molecule has 20 heavy (non-hydrogen) atoms. The lowest BCUT2D eigenvalue weighted by Gasteiger charge is -2.34. The molecule has 1 aliphatic heterocycles. The van der Waals surface area contributed by atoms with Gasteiger partial charge in [0.05, 0.1) is 0 Å². The number of nitrogens with two attached hydrogens (primary N) is 1. The Balaban J connectivity index is 1.78. The minimum absolute atomic E-state index is 0.187. The summed E-state index contributed by atoms with van der Waals surface area (Å²) >= 11 is 0. The van der Waals surface area contributed by atoms with E-state index in [1.54, 1.807) is 0 Å². The number of hydrogen-bond donors (Lipinski definition) is 2. The van der Waals surface area contributed by atoms with Gasteiger partial charge in [-0.2, -0.15) is 4.98 Å². The summed E-state index contributed by atoms with van der Waals surface area (Å²) in [6.07, 6.45) is 2.89. The van der Waals surface area contributed by atoms with Crippen molar-refractivity contribution in [3.05, 3.63) is 24.0 Å². The molecule has 6 nitrogen and oxygen atoms in total. The summed E-state index contributed by atoms with van der Waals surface area (Å²) in [6, 6.07) is 4.15. The van der Waals surface area contributed by atoms with Crippen molar-refractivity contribution in [3.8, 4) is 11.4 Å². The number of hydrogen-bond acceptors (Lipinski definition) is 5. The monoisotopic (exact) mass is 272 g/mol. The Morgan fingerprint density at radius 2 is 2.25 bits per heavy atom. The largest absolute Gasteiger partial charge is 0.338 e. The molecule has 1 aliphatic rings. The van der Waals surface area contributed by atoms with E-state index in [9.17, 15) is 0 Å². The second-order valence-corrected chi connectivity index (χ2v) is 5.55. The Labute approximate surface area is 118 Å². The number of nitrogens with one attached hydrogen (secondary N) is 1. The first-order valence-electron chi connectivity index (χ1n) is 6.99. The van der Waals surface area contributed by atoms with Crippen molar-refractivity contribution in [2.75, 3.05) is 18.0 Å². The van der Waals surface area contributed by atoms with Crippen LogP contribution in [0.5, 0.6) is 0 Å². The van der Waals surface area contributed by atoms with Gasteiger partial charge in [0.1, 0.15) is 0 Å².